The second kappa shape index (κ2) is 5.29. The Morgan fingerprint density at radius 2 is 2.12 bits per heavy atom. The van der Waals surface area contributed by atoms with Gasteiger partial charge < -0.3 is 10.4 Å². The van der Waals surface area contributed by atoms with Crippen LogP contribution in [0.3, 0.4) is 0 Å². The molecule has 1 atom stereocenters. The fourth-order valence-corrected chi connectivity index (χ4v) is 2.18. The van der Waals surface area contributed by atoms with Crippen LogP contribution in [0.5, 0.6) is 0 Å². The quantitative estimate of drug-likeness (QED) is 0.910. The van der Waals surface area contributed by atoms with E-state index in [1.54, 1.807) is 10.9 Å². The third kappa shape index (κ3) is 3.04. The predicted octanol–water partition coefficient (Wildman–Crippen LogP) is 3.14. The molecular weight excluding hydrogens is 304 g/mol. The van der Waals surface area contributed by atoms with Gasteiger partial charge in [0.25, 0.3) is 0 Å². The Morgan fingerprint density at radius 1 is 1.41 bits per heavy atom. The summed E-state index contributed by atoms with van der Waals surface area (Å²) in [6.07, 6.45) is 0. The van der Waals surface area contributed by atoms with E-state index < -0.39 is 12.0 Å². The van der Waals surface area contributed by atoms with Crippen LogP contribution in [0.2, 0.25) is 0 Å². The van der Waals surface area contributed by atoms with Crippen LogP contribution in [0.25, 0.3) is 0 Å². The molecule has 17 heavy (non-hydrogen) atoms. The fourth-order valence-electron chi connectivity index (χ4n) is 1.34. The average molecular weight is 313 g/mol. The van der Waals surface area contributed by atoms with Gasteiger partial charge in [-0.3, -0.25) is 0 Å². The van der Waals surface area contributed by atoms with Crippen LogP contribution in [-0.4, -0.2) is 16.1 Å². The minimum absolute atomic E-state index is 0.519. The first-order valence-corrected chi connectivity index (χ1v) is 6.53. The zero-order chi connectivity index (χ0) is 12.3. The highest BCUT2D eigenvalue weighted by Gasteiger charge is 2.21. The summed E-state index contributed by atoms with van der Waals surface area (Å²) in [5.74, 6) is -0.946. The fraction of sp³-hybridized carbons (Fsp3) is 0.0909. The number of carbonyl (C=O) groups is 1. The minimum atomic E-state index is -0.946. The largest absolute Gasteiger partial charge is 0.479 e. The maximum absolute atomic E-state index is 11.2. The number of aromatic nitrogens is 1. The lowest BCUT2D eigenvalue weighted by Gasteiger charge is -2.13. The van der Waals surface area contributed by atoms with Gasteiger partial charge in [0.15, 0.2) is 6.04 Å². The summed E-state index contributed by atoms with van der Waals surface area (Å²) in [4.78, 5) is 15.2. The van der Waals surface area contributed by atoms with Gasteiger partial charge in [0, 0.05) is 15.5 Å². The van der Waals surface area contributed by atoms with Gasteiger partial charge >= 0.3 is 5.97 Å². The van der Waals surface area contributed by atoms with Crippen molar-refractivity contribution in [3.05, 3.63) is 45.3 Å². The molecule has 1 unspecified atom stereocenters. The van der Waals surface area contributed by atoms with Crippen LogP contribution < -0.4 is 5.32 Å². The van der Waals surface area contributed by atoms with Crippen LogP contribution >= 0.6 is 27.3 Å². The number of hydrogen-bond donors (Lipinski definition) is 2. The third-order valence-corrected chi connectivity index (χ3v) is 3.28. The summed E-state index contributed by atoms with van der Waals surface area (Å²) in [7, 11) is 0. The number of rotatable bonds is 4. The Hall–Kier alpha value is -1.40. The topological polar surface area (TPSA) is 62.2 Å². The SMILES string of the molecule is O=C(O)C(Nc1ccc(Br)cc1)c1cscn1. The van der Waals surface area contributed by atoms with Crippen LogP contribution in [0.15, 0.2) is 39.6 Å². The molecule has 0 saturated heterocycles. The van der Waals surface area contributed by atoms with E-state index in [2.05, 4.69) is 26.2 Å². The van der Waals surface area contributed by atoms with E-state index in [0.29, 0.717) is 5.69 Å². The Bertz CT molecular complexity index is 499. The van der Waals surface area contributed by atoms with Gasteiger partial charge in [-0.05, 0) is 24.3 Å². The van der Waals surface area contributed by atoms with E-state index in [-0.39, 0.29) is 0 Å². The Balaban J connectivity index is 2.19. The lowest BCUT2D eigenvalue weighted by molar-refractivity contribution is -0.138. The van der Waals surface area contributed by atoms with E-state index in [0.717, 1.165) is 10.2 Å². The molecule has 0 radical (unpaired) electrons. The monoisotopic (exact) mass is 312 g/mol. The number of hydrogen-bond acceptors (Lipinski definition) is 4. The standard InChI is InChI=1S/C11H9BrN2O2S/c12-7-1-3-8(4-2-7)14-10(11(15)16)9-5-17-6-13-9/h1-6,10,14H,(H,15,16). The van der Waals surface area contributed by atoms with E-state index >= 15 is 0 Å². The van der Waals surface area contributed by atoms with Crippen molar-refractivity contribution < 1.29 is 9.90 Å². The molecular formula is C11H9BrN2O2S. The van der Waals surface area contributed by atoms with Gasteiger partial charge in [-0.15, -0.1) is 11.3 Å². The van der Waals surface area contributed by atoms with Gasteiger partial charge in [-0.2, -0.15) is 0 Å². The predicted molar refractivity (Wildman–Crippen MR) is 70.3 cm³/mol. The number of carboxylic acids is 1. The van der Waals surface area contributed by atoms with Crippen molar-refractivity contribution in [2.75, 3.05) is 5.32 Å². The second-order valence-corrected chi connectivity index (χ2v) is 4.97. The average Bonchev–Trinajstić information content (AvgIpc) is 2.81. The summed E-state index contributed by atoms with van der Waals surface area (Å²) < 4.78 is 0.948. The lowest BCUT2D eigenvalue weighted by atomic mass is 10.2. The van der Waals surface area contributed by atoms with Gasteiger partial charge in [-0.1, -0.05) is 15.9 Å². The number of anilines is 1. The van der Waals surface area contributed by atoms with Gasteiger partial charge in [0.05, 0.1) is 11.2 Å². The minimum Gasteiger partial charge on any atom is -0.479 e. The maximum Gasteiger partial charge on any atom is 0.332 e. The van der Waals surface area contributed by atoms with E-state index in [1.165, 1.54) is 11.3 Å². The van der Waals surface area contributed by atoms with Crippen LogP contribution in [0.1, 0.15) is 11.7 Å². The highest BCUT2D eigenvalue weighted by molar-refractivity contribution is 9.10. The van der Waals surface area contributed by atoms with Gasteiger partial charge in [-0.25, -0.2) is 9.78 Å². The highest BCUT2D eigenvalue weighted by Crippen LogP contribution is 2.21. The molecule has 4 nitrogen and oxygen atoms in total. The molecule has 1 aromatic carbocycles. The smallest absolute Gasteiger partial charge is 0.332 e. The van der Waals surface area contributed by atoms with Crippen molar-refractivity contribution in [2.24, 2.45) is 0 Å². The maximum atomic E-state index is 11.2. The molecule has 0 amide bonds. The first kappa shape index (κ1) is 12.1. The molecule has 0 aliphatic carbocycles. The van der Waals surface area contributed by atoms with Gasteiger partial charge in [0.2, 0.25) is 0 Å². The summed E-state index contributed by atoms with van der Waals surface area (Å²) in [5.41, 5.74) is 2.88. The molecule has 2 N–H and O–H groups in total. The van der Waals surface area contributed by atoms with E-state index in [4.69, 9.17) is 5.11 Å². The Kier molecular flexibility index (Phi) is 3.75. The number of aliphatic carboxylic acids is 1. The molecule has 2 rings (SSSR count). The van der Waals surface area contributed by atoms with Crippen molar-refractivity contribution >= 4 is 38.9 Å². The molecule has 6 heteroatoms. The molecule has 0 bridgehead atoms. The van der Waals surface area contributed by atoms with E-state index in [1.807, 2.05) is 24.3 Å². The zero-order valence-electron chi connectivity index (χ0n) is 8.63. The summed E-state index contributed by atoms with van der Waals surface area (Å²) >= 11 is 4.70. The number of benzene rings is 1. The molecule has 2 aromatic rings. The first-order valence-electron chi connectivity index (χ1n) is 4.80. The molecule has 0 saturated carbocycles. The number of carboxylic acid groups (broad SMARTS) is 1. The summed E-state index contributed by atoms with van der Waals surface area (Å²) in [6.45, 7) is 0. The normalized spacial score (nSPS) is 12.1. The third-order valence-electron chi connectivity index (χ3n) is 2.15. The summed E-state index contributed by atoms with van der Waals surface area (Å²) in [6, 6.07) is 6.51. The lowest BCUT2D eigenvalue weighted by Crippen LogP contribution is -2.20. The Labute approximate surface area is 110 Å². The van der Waals surface area contributed by atoms with E-state index in [9.17, 15) is 4.79 Å². The van der Waals surface area contributed by atoms with Gasteiger partial charge in [0.1, 0.15) is 0 Å². The number of nitrogens with one attached hydrogen (secondary N) is 1. The van der Waals surface area contributed by atoms with Crippen molar-refractivity contribution in [3.63, 3.8) is 0 Å². The highest BCUT2D eigenvalue weighted by atomic mass is 79.9. The molecule has 1 aromatic heterocycles. The summed E-state index contributed by atoms with van der Waals surface area (Å²) in [5, 5.41) is 13.8. The zero-order valence-corrected chi connectivity index (χ0v) is 11.0. The molecule has 0 spiro atoms. The number of nitrogens with zero attached hydrogens (tertiary/aromatic N) is 1. The first-order chi connectivity index (χ1) is 8.16. The second-order valence-electron chi connectivity index (χ2n) is 3.34. The number of halogens is 1. The van der Waals surface area contributed by atoms with Crippen LogP contribution in [-0.2, 0) is 4.79 Å². The molecule has 0 aliphatic rings. The molecule has 88 valence electrons. The van der Waals surface area contributed by atoms with Crippen molar-refractivity contribution in [3.8, 4) is 0 Å². The van der Waals surface area contributed by atoms with Crippen LogP contribution in [0, 0.1) is 0 Å². The number of thiazole rings is 1. The Morgan fingerprint density at radius 3 is 2.65 bits per heavy atom. The van der Waals surface area contributed by atoms with Crippen molar-refractivity contribution in [1.29, 1.82) is 0 Å². The molecule has 0 aliphatic heterocycles. The molecule has 0 fully saturated rings. The molecule has 1 heterocycles. The van der Waals surface area contributed by atoms with Crippen molar-refractivity contribution in [1.82, 2.24) is 4.98 Å². The van der Waals surface area contributed by atoms with Crippen LogP contribution in [0.4, 0.5) is 5.69 Å². The van der Waals surface area contributed by atoms with Crippen molar-refractivity contribution in [2.45, 2.75) is 6.04 Å².